The molecule has 4 saturated carbocycles. The van der Waals surface area contributed by atoms with E-state index in [0.717, 1.165) is 31.3 Å². The maximum absolute atomic E-state index is 11.8. The van der Waals surface area contributed by atoms with Crippen LogP contribution in [-0.2, 0) is 9.47 Å². The first kappa shape index (κ1) is 23.0. The van der Waals surface area contributed by atoms with Crippen LogP contribution in [0.25, 0.3) is 0 Å². The molecule has 6 aliphatic rings. The van der Waals surface area contributed by atoms with Gasteiger partial charge in [0.2, 0.25) is 0 Å². The second kappa shape index (κ2) is 6.88. The highest BCUT2D eigenvalue weighted by Gasteiger charge is 2.76. The molecular weight excluding hydrogens is 408 g/mol. The Morgan fingerprint density at radius 1 is 1.03 bits per heavy atom. The van der Waals surface area contributed by atoms with E-state index in [1.165, 1.54) is 44.1 Å². The molecule has 3 heteroatoms. The summed E-state index contributed by atoms with van der Waals surface area (Å²) in [4.78, 5) is 0. The average Bonchev–Trinajstić information content (AvgIpc) is 3.23. The molecule has 3 nitrogen and oxygen atoms in total. The molecule has 6 rings (SSSR count). The highest BCUT2D eigenvalue weighted by molar-refractivity contribution is 5.24. The number of fused-ring (bicyclic) bond motifs is 5. The second-order valence-corrected chi connectivity index (χ2v) is 14.8. The Morgan fingerprint density at radius 3 is 2.52 bits per heavy atom. The zero-order valence-corrected chi connectivity index (χ0v) is 22.2. The molecule has 2 saturated heterocycles. The lowest BCUT2D eigenvalue weighted by molar-refractivity contribution is -0.231. The fourth-order valence-electron chi connectivity index (χ4n) is 11.4. The molecule has 4 aliphatic carbocycles. The Labute approximate surface area is 202 Å². The van der Waals surface area contributed by atoms with Gasteiger partial charge in [0.1, 0.15) is 0 Å². The Kier molecular flexibility index (Phi) is 4.81. The molecular formula is C30H48O3. The first-order chi connectivity index (χ1) is 15.4. The van der Waals surface area contributed by atoms with E-state index in [4.69, 9.17) is 9.47 Å². The van der Waals surface area contributed by atoms with E-state index in [0.29, 0.717) is 40.3 Å². The van der Waals surface area contributed by atoms with Crippen LogP contribution in [0.4, 0.5) is 0 Å². The zero-order chi connectivity index (χ0) is 23.6. The summed E-state index contributed by atoms with van der Waals surface area (Å²) >= 11 is 0. The second-order valence-electron chi connectivity index (χ2n) is 14.8. The van der Waals surface area contributed by atoms with E-state index in [-0.39, 0.29) is 11.5 Å². The number of hydrogen-bond donors (Lipinski definition) is 1. The van der Waals surface area contributed by atoms with Crippen molar-refractivity contribution in [1.82, 2.24) is 0 Å². The maximum atomic E-state index is 11.8. The average molecular weight is 457 g/mol. The summed E-state index contributed by atoms with van der Waals surface area (Å²) < 4.78 is 12.9. The Hall–Kier alpha value is -0.380. The summed E-state index contributed by atoms with van der Waals surface area (Å²) in [5, 5.41) is 11.8. The molecule has 4 unspecified atom stereocenters. The number of hydrogen-bond acceptors (Lipinski definition) is 3. The predicted octanol–water partition coefficient (Wildman–Crippen LogP) is 6.54. The molecule has 1 N–H and O–H groups in total. The number of aliphatic hydroxyl groups is 1. The Bertz CT molecular complexity index is 855. The van der Waals surface area contributed by atoms with Crippen molar-refractivity contribution in [3.05, 3.63) is 11.6 Å². The molecule has 0 amide bonds. The Balaban J connectivity index is 1.32. The fraction of sp³-hybridized carbons (Fsp3) is 0.933. The summed E-state index contributed by atoms with van der Waals surface area (Å²) in [6, 6.07) is 0. The number of epoxide rings is 1. The third kappa shape index (κ3) is 2.85. The van der Waals surface area contributed by atoms with Gasteiger partial charge in [-0.15, -0.1) is 0 Å². The van der Waals surface area contributed by atoms with Crippen LogP contribution in [0, 0.1) is 45.3 Å². The molecule has 186 valence electrons. The number of rotatable bonds is 4. The molecule has 0 aromatic carbocycles. The van der Waals surface area contributed by atoms with Crippen LogP contribution >= 0.6 is 0 Å². The van der Waals surface area contributed by atoms with Gasteiger partial charge in [0.05, 0.1) is 30.5 Å². The van der Waals surface area contributed by atoms with Crippen molar-refractivity contribution in [2.24, 2.45) is 45.3 Å². The van der Waals surface area contributed by atoms with Crippen LogP contribution in [-0.4, -0.2) is 35.6 Å². The summed E-state index contributed by atoms with van der Waals surface area (Å²) in [6.45, 7) is 17.7. The topological polar surface area (TPSA) is 42.0 Å². The molecule has 33 heavy (non-hydrogen) atoms. The third-order valence-electron chi connectivity index (χ3n) is 12.7. The van der Waals surface area contributed by atoms with E-state index in [9.17, 15) is 5.11 Å². The lowest BCUT2D eigenvalue weighted by Crippen LogP contribution is -2.65. The van der Waals surface area contributed by atoms with Crippen molar-refractivity contribution in [1.29, 1.82) is 0 Å². The van der Waals surface area contributed by atoms with E-state index in [1.807, 2.05) is 0 Å². The summed E-state index contributed by atoms with van der Waals surface area (Å²) in [6.07, 6.45) is 13.1. The normalized spacial score (nSPS) is 55.0. The summed E-state index contributed by atoms with van der Waals surface area (Å²) in [5.74, 6) is 2.42. The van der Waals surface area contributed by atoms with Crippen LogP contribution in [0.2, 0.25) is 0 Å². The molecule has 0 aromatic heterocycles. The van der Waals surface area contributed by atoms with Gasteiger partial charge in [0.15, 0.2) is 0 Å². The highest BCUT2D eigenvalue weighted by Crippen LogP contribution is 2.78. The van der Waals surface area contributed by atoms with Crippen molar-refractivity contribution in [2.45, 2.75) is 124 Å². The minimum Gasteiger partial charge on any atom is -0.390 e. The number of ether oxygens (including phenoxy) is 2. The van der Waals surface area contributed by atoms with Crippen molar-refractivity contribution < 1.29 is 14.6 Å². The molecule has 2 aliphatic heterocycles. The number of allylic oxidation sites excluding steroid dienone is 2. The standard InChI is InChI=1S/C30H48O3/c1-18(2)9-8-13-29(7,31)24-19-10-11-23-27(5)15-21-25(33-21)26(3,4)22(27)12-14-28(23,6)30(19)16-20(24)32-17-30/h9,19-25,31H,8,10-17H2,1-7H3/t19-,20?,21?,22?,23-,24-,25?,27+,28-,29+,30-/m1/s1. The van der Waals surface area contributed by atoms with E-state index >= 15 is 0 Å². The molecule has 2 bridgehead atoms. The van der Waals surface area contributed by atoms with Gasteiger partial charge in [0.25, 0.3) is 0 Å². The van der Waals surface area contributed by atoms with Crippen molar-refractivity contribution in [3.63, 3.8) is 0 Å². The van der Waals surface area contributed by atoms with Gasteiger partial charge in [-0.2, -0.15) is 0 Å². The summed E-state index contributed by atoms with van der Waals surface area (Å²) in [7, 11) is 0. The first-order valence-electron chi connectivity index (χ1n) is 14.0. The van der Waals surface area contributed by atoms with E-state index in [2.05, 4.69) is 54.5 Å². The van der Waals surface area contributed by atoms with Gasteiger partial charge in [-0.3, -0.25) is 0 Å². The highest BCUT2D eigenvalue weighted by atomic mass is 16.6. The molecule has 6 fully saturated rings. The minimum atomic E-state index is -0.643. The smallest absolute Gasteiger partial charge is 0.0895 e. The monoisotopic (exact) mass is 456 g/mol. The minimum absolute atomic E-state index is 0.247. The lowest BCUT2D eigenvalue weighted by atomic mass is 9.35. The molecule has 0 radical (unpaired) electrons. The van der Waals surface area contributed by atoms with Gasteiger partial charge < -0.3 is 14.6 Å². The predicted molar refractivity (Wildman–Crippen MR) is 132 cm³/mol. The SMILES string of the molecule is CC(C)=CCC[C@](C)(O)[C@H]1C2C[C@@]3(CO2)[C@@H]1CC[C@@H]1[C@@]2(C)CC4OC4C(C)(C)C2CC[C@]13C. The maximum Gasteiger partial charge on any atom is 0.0895 e. The van der Waals surface area contributed by atoms with Gasteiger partial charge in [-0.1, -0.05) is 39.3 Å². The van der Waals surface area contributed by atoms with Gasteiger partial charge in [-0.05, 0) is 106 Å². The molecule has 1 spiro atoms. The first-order valence-corrected chi connectivity index (χ1v) is 14.0. The van der Waals surface area contributed by atoms with Crippen molar-refractivity contribution >= 4 is 0 Å². The van der Waals surface area contributed by atoms with E-state index < -0.39 is 5.60 Å². The fourth-order valence-corrected chi connectivity index (χ4v) is 11.4. The van der Waals surface area contributed by atoms with E-state index in [1.54, 1.807) is 0 Å². The molecule has 0 aromatic rings. The molecule has 11 atom stereocenters. The molecule has 2 heterocycles. The van der Waals surface area contributed by atoms with Crippen LogP contribution in [0.1, 0.15) is 99.8 Å². The third-order valence-corrected chi connectivity index (χ3v) is 12.7. The van der Waals surface area contributed by atoms with Crippen LogP contribution in [0.15, 0.2) is 11.6 Å². The largest absolute Gasteiger partial charge is 0.390 e. The zero-order valence-electron chi connectivity index (χ0n) is 22.2. The van der Waals surface area contributed by atoms with Gasteiger partial charge >= 0.3 is 0 Å². The van der Waals surface area contributed by atoms with Gasteiger partial charge in [0, 0.05) is 11.3 Å². The van der Waals surface area contributed by atoms with Crippen molar-refractivity contribution in [2.75, 3.05) is 6.61 Å². The van der Waals surface area contributed by atoms with Crippen LogP contribution < -0.4 is 0 Å². The Morgan fingerprint density at radius 2 is 1.79 bits per heavy atom. The lowest BCUT2D eigenvalue weighted by Gasteiger charge is -2.69. The van der Waals surface area contributed by atoms with Crippen LogP contribution in [0.3, 0.4) is 0 Å². The summed E-state index contributed by atoms with van der Waals surface area (Å²) in [5.41, 5.74) is 1.95. The van der Waals surface area contributed by atoms with Gasteiger partial charge in [-0.25, -0.2) is 0 Å². The van der Waals surface area contributed by atoms with Crippen molar-refractivity contribution in [3.8, 4) is 0 Å². The quantitative estimate of drug-likeness (QED) is 0.386. The van der Waals surface area contributed by atoms with Crippen LogP contribution in [0.5, 0.6) is 0 Å².